The van der Waals surface area contributed by atoms with Gasteiger partial charge in [0, 0.05) is 15.7 Å². The Morgan fingerprint density at radius 1 is 1.14 bits per heavy atom. The molecule has 3 aromatic rings. The molecule has 0 radical (unpaired) electrons. The Bertz CT molecular complexity index is 1210. The lowest BCUT2D eigenvalue weighted by atomic mass is 10.1. The van der Waals surface area contributed by atoms with Crippen LogP contribution in [0.25, 0.3) is 0 Å². The average Bonchev–Trinajstić information content (AvgIpc) is 2.82. The van der Waals surface area contributed by atoms with E-state index < -0.39 is 6.03 Å². The lowest BCUT2D eigenvalue weighted by Gasteiger charge is -2.17. The molecule has 2 N–H and O–H groups in total. The van der Waals surface area contributed by atoms with Crippen LogP contribution >= 0.6 is 15.9 Å². The fraction of sp³-hybridized carbons (Fsp3) is 0.185. The van der Waals surface area contributed by atoms with Crippen LogP contribution in [0.4, 0.5) is 14.9 Å². The first-order valence-corrected chi connectivity index (χ1v) is 11.8. The number of rotatable bonds is 10. The first kappa shape index (κ1) is 26.0. The van der Waals surface area contributed by atoms with Crippen molar-refractivity contribution in [1.82, 2.24) is 5.43 Å². The molecule has 0 aliphatic heterocycles. The predicted molar refractivity (Wildman–Crippen MR) is 141 cm³/mol. The number of ether oxygens (including phenoxy) is 2. The van der Waals surface area contributed by atoms with Crippen molar-refractivity contribution < 1.29 is 18.7 Å². The van der Waals surface area contributed by atoms with Gasteiger partial charge in [-0.15, -0.1) is 6.58 Å². The summed E-state index contributed by atoms with van der Waals surface area (Å²) in [4.78, 5) is 12.2. The van der Waals surface area contributed by atoms with Crippen LogP contribution in [-0.4, -0.2) is 18.9 Å². The van der Waals surface area contributed by atoms with Crippen molar-refractivity contribution >= 4 is 33.9 Å². The van der Waals surface area contributed by atoms with E-state index in [1.54, 1.807) is 30.3 Å². The monoisotopic (exact) mass is 539 g/mol. The zero-order valence-electron chi connectivity index (χ0n) is 19.6. The number of anilines is 1. The molecule has 6 nitrogen and oxygen atoms in total. The SMILES string of the molecule is C=CCc1cc(/C=N/NC(=O)Nc2ccc(Br)c(C)c2)cc(OCC)c1OCc1ccc(F)cc1. The van der Waals surface area contributed by atoms with Gasteiger partial charge in [-0.05, 0) is 79.4 Å². The molecule has 0 atom stereocenters. The Labute approximate surface area is 213 Å². The molecule has 0 fully saturated rings. The number of hydrogen-bond acceptors (Lipinski definition) is 4. The third-order valence-corrected chi connectivity index (χ3v) is 5.80. The van der Waals surface area contributed by atoms with Gasteiger partial charge in [-0.1, -0.05) is 34.1 Å². The Kier molecular flexibility index (Phi) is 9.43. The highest BCUT2D eigenvalue weighted by Gasteiger charge is 2.13. The summed E-state index contributed by atoms with van der Waals surface area (Å²) in [5.74, 6) is 0.837. The Balaban J connectivity index is 1.74. The lowest BCUT2D eigenvalue weighted by Crippen LogP contribution is -2.24. The second-order valence-electron chi connectivity index (χ2n) is 7.64. The molecule has 35 heavy (non-hydrogen) atoms. The van der Waals surface area contributed by atoms with Crippen LogP contribution in [0.2, 0.25) is 0 Å². The molecule has 0 aromatic heterocycles. The van der Waals surface area contributed by atoms with Crippen molar-refractivity contribution in [3.05, 3.63) is 99.8 Å². The molecule has 0 saturated heterocycles. The lowest BCUT2D eigenvalue weighted by molar-refractivity contribution is 0.252. The summed E-state index contributed by atoms with van der Waals surface area (Å²) < 4.78 is 26.0. The van der Waals surface area contributed by atoms with Crippen molar-refractivity contribution in [1.29, 1.82) is 0 Å². The highest BCUT2D eigenvalue weighted by molar-refractivity contribution is 9.10. The van der Waals surface area contributed by atoms with Crippen molar-refractivity contribution in [2.24, 2.45) is 5.10 Å². The van der Waals surface area contributed by atoms with Gasteiger partial charge in [-0.25, -0.2) is 14.6 Å². The van der Waals surface area contributed by atoms with Gasteiger partial charge in [-0.2, -0.15) is 5.10 Å². The van der Waals surface area contributed by atoms with Crippen molar-refractivity contribution in [2.75, 3.05) is 11.9 Å². The summed E-state index contributed by atoms with van der Waals surface area (Å²) in [5.41, 5.74) is 6.54. The number of carbonyl (C=O) groups excluding carboxylic acids is 1. The molecular formula is C27H27BrFN3O3. The summed E-state index contributed by atoms with van der Waals surface area (Å²) in [6.45, 7) is 8.35. The molecule has 0 spiro atoms. The van der Waals surface area contributed by atoms with E-state index in [9.17, 15) is 9.18 Å². The van der Waals surface area contributed by atoms with E-state index in [0.717, 1.165) is 26.7 Å². The predicted octanol–water partition coefficient (Wildman–Crippen LogP) is 6.76. The molecule has 3 aromatic carbocycles. The van der Waals surface area contributed by atoms with Crippen LogP contribution in [0.3, 0.4) is 0 Å². The zero-order valence-corrected chi connectivity index (χ0v) is 21.2. The molecule has 0 unspecified atom stereocenters. The van der Waals surface area contributed by atoms with Crippen molar-refractivity contribution in [2.45, 2.75) is 26.9 Å². The van der Waals surface area contributed by atoms with Gasteiger partial charge in [0.05, 0.1) is 12.8 Å². The van der Waals surface area contributed by atoms with E-state index in [2.05, 4.69) is 38.4 Å². The number of amides is 2. The second kappa shape index (κ2) is 12.7. The van der Waals surface area contributed by atoms with Crippen molar-refractivity contribution in [3.63, 3.8) is 0 Å². The molecule has 0 aliphatic carbocycles. The minimum atomic E-state index is -0.460. The summed E-state index contributed by atoms with van der Waals surface area (Å²) in [7, 11) is 0. The van der Waals surface area contributed by atoms with Crippen LogP contribution in [0.15, 0.2) is 76.8 Å². The number of aryl methyl sites for hydroxylation is 1. The minimum absolute atomic E-state index is 0.259. The maximum Gasteiger partial charge on any atom is 0.339 e. The van der Waals surface area contributed by atoms with E-state index >= 15 is 0 Å². The normalized spacial score (nSPS) is 10.7. The maximum atomic E-state index is 13.2. The quantitative estimate of drug-likeness (QED) is 0.170. The fourth-order valence-corrected chi connectivity index (χ4v) is 3.52. The van der Waals surface area contributed by atoms with Gasteiger partial charge in [0.1, 0.15) is 12.4 Å². The number of hydrazone groups is 1. The number of halogens is 2. The standard InChI is InChI=1S/C27H27BrFN3O3/c1-4-6-21-14-20(16-30-32-27(33)31-23-11-12-24(28)18(3)13-23)15-25(34-5-2)26(21)35-17-19-7-9-22(29)10-8-19/h4,7-16H,1,5-6,17H2,2-3H3,(H2,31,32,33)/b30-16+. The van der Waals surface area contributed by atoms with Gasteiger partial charge < -0.3 is 14.8 Å². The molecule has 8 heteroatoms. The summed E-state index contributed by atoms with van der Waals surface area (Å²) in [5, 5.41) is 6.80. The average molecular weight is 540 g/mol. The van der Waals surface area contributed by atoms with Gasteiger partial charge in [0.2, 0.25) is 0 Å². The second-order valence-corrected chi connectivity index (χ2v) is 8.49. The number of carbonyl (C=O) groups is 1. The number of urea groups is 1. The molecule has 0 saturated carbocycles. The van der Waals surface area contributed by atoms with Gasteiger partial charge in [0.15, 0.2) is 11.5 Å². The third-order valence-electron chi connectivity index (χ3n) is 4.91. The number of hydrogen-bond donors (Lipinski definition) is 2. The van der Waals surface area contributed by atoms with Crippen LogP contribution in [0, 0.1) is 12.7 Å². The fourth-order valence-electron chi connectivity index (χ4n) is 3.27. The van der Waals surface area contributed by atoms with E-state index in [-0.39, 0.29) is 12.4 Å². The van der Waals surface area contributed by atoms with Crippen LogP contribution in [-0.2, 0) is 13.0 Å². The van der Waals surface area contributed by atoms with E-state index in [1.165, 1.54) is 18.3 Å². The molecule has 0 bridgehead atoms. The number of nitrogens with zero attached hydrogens (tertiary/aromatic N) is 1. The van der Waals surface area contributed by atoms with Crippen LogP contribution in [0.5, 0.6) is 11.5 Å². The smallest absolute Gasteiger partial charge is 0.339 e. The van der Waals surface area contributed by atoms with Gasteiger partial charge in [0.25, 0.3) is 0 Å². The Morgan fingerprint density at radius 3 is 2.60 bits per heavy atom. The minimum Gasteiger partial charge on any atom is -0.490 e. The number of allylic oxidation sites excluding steroid dienone is 1. The maximum absolute atomic E-state index is 13.2. The van der Waals surface area contributed by atoms with Crippen LogP contribution < -0.4 is 20.2 Å². The Morgan fingerprint density at radius 2 is 1.91 bits per heavy atom. The van der Waals surface area contributed by atoms with Gasteiger partial charge >= 0.3 is 6.03 Å². The molecule has 182 valence electrons. The van der Waals surface area contributed by atoms with E-state index in [0.29, 0.717) is 30.2 Å². The van der Waals surface area contributed by atoms with Crippen molar-refractivity contribution in [3.8, 4) is 11.5 Å². The molecule has 3 rings (SSSR count). The third kappa shape index (κ3) is 7.68. The number of nitrogens with one attached hydrogen (secondary N) is 2. The number of benzene rings is 3. The van der Waals surface area contributed by atoms with Gasteiger partial charge in [-0.3, -0.25) is 0 Å². The largest absolute Gasteiger partial charge is 0.490 e. The topological polar surface area (TPSA) is 72.0 Å². The zero-order chi connectivity index (χ0) is 25.2. The van der Waals surface area contributed by atoms with Crippen LogP contribution in [0.1, 0.15) is 29.2 Å². The Hall–Kier alpha value is -3.65. The van der Waals surface area contributed by atoms with E-state index in [1.807, 2.05) is 32.0 Å². The first-order chi connectivity index (χ1) is 16.9. The highest BCUT2D eigenvalue weighted by Crippen LogP contribution is 2.34. The summed E-state index contributed by atoms with van der Waals surface area (Å²) in [6, 6.07) is 14.9. The molecule has 2 amide bonds. The highest BCUT2D eigenvalue weighted by atomic mass is 79.9. The van der Waals surface area contributed by atoms with E-state index in [4.69, 9.17) is 9.47 Å². The molecular weight excluding hydrogens is 513 g/mol. The molecule has 0 aliphatic rings. The molecule has 0 heterocycles. The summed E-state index contributed by atoms with van der Waals surface area (Å²) >= 11 is 3.44. The summed E-state index contributed by atoms with van der Waals surface area (Å²) in [6.07, 6.45) is 3.84. The first-order valence-electron chi connectivity index (χ1n) is 11.0.